The van der Waals surface area contributed by atoms with Crippen LogP contribution in [0.3, 0.4) is 0 Å². The van der Waals surface area contributed by atoms with Crippen molar-refractivity contribution in [2.75, 3.05) is 7.11 Å². The second-order valence-corrected chi connectivity index (χ2v) is 6.53. The summed E-state index contributed by atoms with van der Waals surface area (Å²) in [5.41, 5.74) is 8.57. The van der Waals surface area contributed by atoms with Gasteiger partial charge in [0.2, 0.25) is 0 Å². The summed E-state index contributed by atoms with van der Waals surface area (Å²) in [5, 5.41) is 0.953. The molecule has 2 atom stereocenters. The van der Waals surface area contributed by atoms with Gasteiger partial charge in [-0.05, 0) is 30.7 Å². The molecule has 0 heterocycles. The fraction of sp³-hybridized carbons (Fsp3) is 0.294. The maximum Gasteiger partial charge on any atom is 0.123 e. The number of ether oxygens (including phenoxy) is 1. The summed E-state index contributed by atoms with van der Waals surface area (Å²) in [6.07, 6.45) is 0. The SMILES string of the molecule is COc1ccccc1C(SCc1ccc(Cl)cc1)C(C)N. The van der Waals surface area contributed by atoms with Crippen molar-refractivity contribution in [3.05, 3.63) is 64.7 Å². The third-order valence-corrected chi connectivity index (χ3v) is 5.06. The first-order chi connectivity index (χ1) is 10.1. The van der Waals surface area contributed by atoms with Crippen LogP contribution in [0.2, 0.25) is 5.02 Å². The summed E-state index contributed by atoms with van der Waals surface area (Å²) in [7, 11) is 1.70. The molecule has 0 fully saturated rings. The molecule has 2 unspecified atom stereocenters. The summed E-state index contributed by atoms with van der Waals surface area (Å²) in [4.78, 5) is 0. The van der Waals surface area contributed by atoms with Crippen LogP contribution in [0.15, 0.2) is 48.5 Å². The molecule has 0 amide bonds. The van der Waals surface area contributed by atoms with E-state index < -0.39 is 0 Å². The Balaban J connectivity index is 2.14. The Hall–Kier alpha value is -1.16. The Kier molecular flexibility index (Phi) is 5.97. The van der Waals surface area contributed by atoms with Crippen molar-refractivity contribution in [2.45, 2.75) is 24.0 Å². The topological polar surface area (TPSA) is 35.2 Å². The van der Waals surface area contributed by atoms with Gasteiger partial charge in [-0.2, -0.15) is 0 Å². The standard InChI is InChI=1S/C17H20ClNOS/c1-12(19)17(15-5-3-4-6-16(15)20-2)21-11-13-7-9-14(18)10-8-13/h3-10,12,17H,11,19H2,1-2H3. The number of nitrogens with two attached hydrogens (primary N) is 1. The van der Waals surface area contributed by atoms with E-state index >= 15 is 0 Å². The van der Waals surface area contributed by atoms with E-state index in [1.165, 1.54) is 5.56 Å². The zero-order chi connectivity index (χ0) is 15.2. The number of thioether (sulfide) groups is 1. The fourth-order valence-corrected chi connectivity index (χ4v) is 3.56. The third kappa shape index (κ3) is 4.40. The van der Waals surface area contributed by atoms with Gasteiger partial charge in [0.1, 0.15) is 5.75 Å². The van der Waals surface area contributed by atoms with Crippen LogP contribution in [0.5, 0.6) is 5.75 Å². The zero-order valence-electron chi connectivity index (χ0n) is 12.3. The van der Waals surface area contributed by atoms with Gasteiger partial charge in [0.25, 0.3) is 0 Å². The molecule has 2 rings (SSSR count). The van der Waals surface area contributed by atoms with Crippen molar-refractivity contribution in [1.29, 1.82) is 0 Å². The molecule has 0 saturated carbocycles. The molecule has 21 heavy (non-hydrogen) atoms. The maximum atomic E-state index is 6.18. The van der Waals surface area contributed by atoms with Crippen molar-refractivity contribution < 1.29 is 4.74 Å². The van der Waals surface area contributed by atoms with Crippen LogP contribution >= 0.6 is 23.4 Å². The summed E-state index contributed by atoms with van der Waals surface area (Å²) in [5.74, 6) is 1.78. The molecule has 0 radical (unpaired) electrons. The number of methoxy groups -OCH3 is 1. The molecule has 0 aliphatic rings. The predicted molar refractivity (Wildman–Crippen MR) is 92.1 cm³/mol. The van der Waals surface area contributed by atoms with Crippen LogP contribution in [0.1, 0.15) is 23.3 Å². The monoisotopic (exact) mass is 321 g/mol. The first kappa shape index (κ1) is 16.2. The van der Waals surface area contributed by atoms with Gasteiger partial charge in [0.15, 0.2) is 0 Å². The van der Waals surface area contributed by atoms with E-state index in [2.05, 4.69) is 18.2 Å². The van der Waals surface area contributed by atoms with E-state index in [0.29, 0.717) is 0 Å². The lowest BCUT2D eigenvalue weighted by atomic mass is 10.1. The molecule has 0 spiro atoms. The van der Waals surface area contributed by atoms with E-state index in [1.54, 1.807) is 7.11 Å². The van der Waals surface area contributed by atoms with Crippen LogP contribution in [0.25, 0.3) is 0 Å². The largest absolute Gasteiger partial charge is 0.496 e. The fourth-order valence-electron chi connectivity index (χ4n) is 2.19. The van der Waals surface area contributed by atoms with E-state index in [4.69, 9.17) is 22.1 Å². The lowest BCUT2D eigenvalue weighted by Crippen LogP contribution is -2.23. The molecule has 0 saturated heterocycles. The summed E-state index contributed by atoms with van der Waals surface area (Å²) >= 11 is 7.74. The lowest BCUT2D eigenvalue weighted by molar-refractivity contribution is 0.408. The molecular formula is C17H20ClNOS. The average molecular weight is 322 g/mol. The van der Waals surface area contributed by atoms with Crippen LogP contribution < -0.4 is 10.5 Å². The number of hydrogen-bond acceptors (Lipinski definition) is 3. The number of halogens is 1. The van der Waals surface area contributed by atoms with Crippen LogP contribution in [0, 0.1) is 0 Å². The van der Waals surface area contributed by atoms with Gasteiger partial charge in [0.05, 0.1) is 7.11 Å². The van der Waals surface area contributed by atoms with E-state index in [1.807, 2.05) is 49.0 Å². The molecule has 2 aromatic rings. The van der Waals surface area contributed by atoms with Crippen molar-refractivity contribution in [1.82, 2.24) is 0 Å². The Morgan fingerprint density at radius 2 is 1.81 bits per heavy atom. The molecule has 0 aromatic heterocycles. The number of rotatable bonds is 6. The molecule has 0 aliphatic carbocycles. The summed E-state index contributed by atoms with van der Waals surface area (Å²) < 4.78 is 5.46. The van der Waals surface area contributed by atoms with Gasteiger partial charge in [-0.15, -0.1) is 11.8 Å². The molecular weight excluding hydrogens is 302 g/mol. The molecule has 0 aliphatic heterocycles. The van der Waals surface area contributed by atoms with E-state index in [0.717, 1.165) is 22.1 Å². The van der Waals surface area contributed by atoms with Crippen LogP contribution in [-0.2, 0) is 5.75 Å². The molecule has 0 bridgehead atoms. The Bertz CT molecular complexity index is 571. The lowest BCUT2D eigenvalue weighted by Gasteiger charge is -2.23. The first-order valence-corrected chi connectivity index (χ1v) is 8.29. The maximum absolute atomic E-state index is 6.18. The van der Waals surface area contributed by atoms with E-state index in [-0.39, 0.29) is 11.3 Å². The van der Waals surface area contributed by atoms with Crippen molar-refractivity contribution in [3.63, 3.8) is 0 Å². The van der Waals surface area contributed by atoms with Crippen molar-refractivity contribution >= 4 is 23.4 Å². The minimum atomic E-state index is 0.0404. The van der Waals surface area contributed by atoms with E-state index in [9.17, 15) is 0 Å². The average Bonchev–Trinajstić information content (AvgIpc) is 2.49. The molecule has 2 aromatic carbocycles. The number of benzene rings is 2. The van der Waals surface area contributed by atoms with Crippen LogP contribution in [0.4, 0.5) is 0 Å². The highest BCUT2D eigenvalue weighted by Crippen LogP contribution is 2.38. The summed E-state index contributed by atoms with van der Waals surface area (Å²) in [6.45, 7) is 2.03. The summed E-state index contributed by atoms with van der Waals surface area (Å²) in [6, 6.07) is 16.0. The highest BCUT2D eigenvalue weighted by Gasteiger charge is 2.20. The minimum absolute atomic E-state index is 0.0404. The second-order valence-electron chi connectivity index (χ2n) is 4.96. The number of hydrogen-bond donors (Lipinski definition) is 1. The number of para-hydroxylation sites is 1. The first-order valence-electron chi connectivity index (χ1n) is 6.86. The quantitative estimate of drug-likeness (QED) is 0.839. The smallest absolute Gasteiger partial charge is 0.123 e. The van der Waals surface area contributed by atoms with Gasteiger partial charge < -0.3 is 10.5 Å². The van der Waals surface area contributed by atoms with Gasteiger partial charge in [-0.3, -0.25) is 0 Å². The van der Waals surface area contributed by atoms with Crippen LogP contribution in [-0.4, -0.2) is 13.2 Å². The molecule has 112 valence electrons. The van der Waals surface area contributed by atoms with Crippen molar-refractivity contribution in [3.8, 4) is 5.75 Å². The highest BCUT2D eigenvalue weighted by atomic mass is 35.5. The normalized spacial score (nSPS) is 13.7. The molecule has 2 nitrogen and oxygen atoms in total. The minimum Gasteiger partial charge on any atom is -0.496 e. The Morgan fingerprint density at radius 1 is 1.14 bits per heavy atom. The highest BCUT2D eigenvalue weighted by molar-refractivity contribution is 7.98. The zero-order valence-corrected chi connectivity index (χ0v) is 13.8. The van der Waals surface area contributed by atoms with Gasteiger partial charge in [-0.25, -0.2) is 0 Å². The van der Waals surface area contributed by atoms with Crippen molar-refractivity contribution in [2.24, 2.45) is 5.73 Å². The second kappa shape index (κ2) is 7.74. The Morgan fingerprint density at radius 3 is 2.43 bits per heavy atom. The predicted octanol–water partition coefficient (Wildman–Crippen LogP) is 4.67. The third-order valence-electron chi connectivity index (χ3n) is 3.27. The molecule has 2 N–H and O–H groups in total. The van der Waals surface area contributed by atoms with Gasteiger partial charge in [-0.1, -0.05) is 41.9 Å². The van der Waals surface area contributed by atoms with Gasteiger partial charge >= 0.3 is 0 Å². The Labute approximate surface area is 135 Å². The molecule has 4 heteroatoms. The van der Waals surface area contributed by atoms with Gasteiger partial charge in [0, 0.05) is 27.6 Å².